The Morgan fingerprint density at radius 2 is 2.12 bits per heavy atom. The van der Waals surface area contributed by atoms with Gasteiger partial charge in [0.1, 0.15) is 12.1 Å². The molecule has 3 N–H and O–H groups in total. The van der Waals surface area contributed by atoms with E-state index in [1.165, 1.54) is 0 Å². The Balaban J connectivity index is 2.09. The highest BCUT2D eigenvalue weighted by Gasteiger charge is 2.31. The highest BCUT2D eigenvalue weighted by atomic mass is 16.5. The minimum Gasteiger partial charge on any atom is -0.464 e. The van der Waals surface area contributed by atoms with Crippen molar-refractivity contribution in [3.8, 4) is 0 Å². The van der Waals surface area contributed by atoms with Crippen LogP contribution in [0.5, 0.6) is 0 Å². The summed E-state index contributed by atoms with van der Waals surface area (Å²) in [6, 6.07) is 4.79. The lowest BCUT2D eigenvalue weighted by Crippen LogP contribution is -2.50. The van der Waals surface area contributed by atoms with Crippen LogP contribution >= 0.6 is 0 Å². The Kier molecular flexibility index (Phi) is 4.46. The molecule has 1 amide bonds. The summed E-state index contributed by atoms with van der Waals surface area (Å²) in [6.45, 7) is 6.01. The molecule has 0 bridgehead atoms. The summed E-state index contributed by atoms with van der Waals surface area (Å²) in [5.74, 6) is -0.514. The Hall–Kier alpha value is -2.50. The molecule has 2 aromatic rings. The predicted octanol–water partition coefficient (Wildman–Crippen LogP) is 2.21. The van der Waals surface area contributed by atoms with E-state index in [1.807, 2.05) is 38.2 Å². The fourth-order valence-corrected chi connectivity index (χ4v) is 3.16. The summed E-state index contributed by atoms with van der Waals surface area (Å²) >= 11 is 0. The number of anilines is 1. The molecule has 0 saturated carbocycles. The number of ether oxygens (including phenoxy) is 1. The molecule has 0 aliphatic carbocycles. The fraction of sp³-hybridized carbons (Fsp3) is 0.444. The Labute approximate surface area is 141 Å². The summed E-state index contributed by atoms with van der Waals surface area (Å²) in [5, 5.41) is 7.22. The van der Waals surface area contributed by atoms with Gasteiger partial charge in [-0.1, -0.05) is 19.9 Å². The fourth-order valence-electron chi connectivity index (χ4n) is 3.16. The van der Waals surface area contributed by atoms with E-state index in [-0.39, 0.29) is 18.4 Å². The molecule has 0 unspecified atom stereocenters. The minimum atomic E-state index is -0.689. The van der Waals surface area contributed by atoms with E-state index >= 15 is 0 Å². The van der Waals surface area contributed by atoms with Gasteiger partial charge >= 0.3 is 5.97 Å². The molecule has 0 fully saturated rings. The van der Waals surface area contributed by atoms with Crippen molar-refractivity contribution < 1.29 is 14.3 Å². The maximum atomic E-state index is 12.7. The van der Waals surface area contributed by atoms with Crippen LogP contribution in [0.25, 0.3) is 10.9 Å². The van der Waals surface area contributed by atoms with E-state index in [9.17, 15) is 9.59 Å². The van der Waals surface area contributed by atoms with Gasteiger partial charge in [-0.3, -0.25) is 4.79 Å². The second kappa shape index (κ2) is 6.55. The first-order chi connectivity index (χ1) is 11.5. The van der Waals surface area contributed by atoms with E-state index in [2.05, 4.69) is 15.6 Å². The van der Waals surface area contributed by atoms with Gasteiger partial charge < -0.3 is 20.4 Å². The summed E-state index contributed by atoms with van der Waals surface area (Å²) in [7, 11) is 0. The molecule has 2 heterocycles. The molecule has 0 saturated heterocycles. The Morgan fingerprint density at radius 1 is 1.33 bits per heavy atom. The molecule has 2 atom stereocenters. The zero-order valence-corrected chi connectivity index (χ0v) is 14.2. The van der Waals surface area contributed by atoms with Crippen LogP contribution in [0.15, 0.2) is 24.4 Å². The van der Waals surface area contributed by atoms with Crippen molar-refractivity contribution in [2.45, 2.75) is 39.3 Å². The number of benzene rings is 1. The minimum absolute atomic E-state index is 0.0728. The maximum Gasteiger partial charge on any atom is 0.328 e. The normalized spacial score (nSPS) is 20.8. The van der Waals surface area contributed by atoms with Crippen molar-refractivity contribution in [2.24, 2.45) is 5.92 Å². The van der Waals surface area contributed by atoms with Gasteiger partial charge in [-0.15, -0.1) is 0 Å². The zero-order valence-electron chi connectivity index (χ0n) is 14.2. The largest absolute Gasteiger partial charge is 0.464 e. The number of rotatable bonds is 3. The SMILES string of the molecule is CCOC(=O)[C@@H]1Cc2c[nH]c3cccc(c23)N[C@@H](C(C)C)C(=O)N1. The molecular formula is C18H23N3O3. The lowest BCUT2D eigenvalue weighted by molar-refractivity contribution is -0.147. The summed E-state index contributed by atoms with van der Waals surface area (Å²) < 4.78 is 5.14. The summed E-state index contributed by atoms with van der Waals surface area (Å²) in [5.41, 5.74) is 2.87. The third kappa shape index (κ3) is 2.96. The Bertz CT molecular complexity index is 766. The number of H-pyrrole nitrogens is 1. The van der Waals surface area contributed by atoms with Gasteiger partial charge in [-0.2, -0.15) is 0 Å². The molecule has 0 radical (unpaired) electrons. The van der Waals surface area contributed by atoms with Gasteiger partial charge in [0.15, 0.2) is 0 Å². The number of nitrogens with one attached hydrogen (secondary N) is 3. The predicted molar refractivity (Wildman–Crippen MR) is 92.8 cm³/mol. The second-order valence-electron chi connectivity index (χ2n) is 6.43. The summed E-state index contributed by atoms with van der Waals surface area (Å²) in [4.78, 5) is 28.2. The van der Waals surface area contributed by atoms with E-state index in [0.717, 1.165) is 22.2 Å². The van der Waals surface area contributed by atoms with Crippen molar-refractivity contribution in [1.29, 1.82) is 0 Å². The third-order valence-electron chi connectivity index (χ3n) is 4.36. The van der Waals surface area contributed by atoms with Crippen molar-refractivity contribution in [2.75, 3.05) is 11.9 Å². The number of hydrogen-bond donors (Lipinski definition) is 3. The number of carbonyl (C=O) groups is 2. The first-order valence-corrected chi connectivity index (χ1v) is 8.33. The highest BCUT2D eigenvalue weighted by molar-refractivity contribution is 5.99. The molecule has 6 nitrogen and oxygen atoms in total. The molecule has 0 spiro atoms. The van der Waals surface area contributed by atoms with Crippen LogP contribution in [0, 0.1) is 5.92 Å². The number of esters is 1. The molecule has 1 aliphatic heterocycles. The topological polar surface area (TPSA) is 83.2 Å². The molecule has 1 aromatic carbocycles. The molecule has 128 valence electrons. The molecule has 1 aromatic heterocycles. The first-order valence-electron chi connectivity index (χ1n) is 8.33. The second-order valence-corrected chi connectivity index (χ2v) is 6.43. The molecule has 24 heavy (non-hydrogen) atoms. The smallest absolute Gasteiger partial charge is 0.328 e. The van der Waals surface area contributed by atoms with E-state index in [1.54, 1.807) is 6.92 Å². The average molecular weight is 329 g/mol. The summed E-state index contributed by atoms with van der Waals surface area (Å²) in [6.07, 6.45) is 2.29. The van der Waals surface area contributed by atoms with Gasteiger partial charge in [0.25, 0.3) is 0 Å². The van der Waals surface area contributed by atoms with Crippen molar-refractivity contribution in [3.63, 3.8) is 0 Å². The van der Waals surface area contributed by atoms with Crippen LogP contribution < -0.4 is 10.6 Å². The van der Waals surface area contributed by atoms with Crippen molar-refractivity contribution >= 4 is 28.5 Å². The van der Waals surface area contributed by atoms with E-state index < -0.39 is 18.1 Å². The quantitative estimate of drug-likeness (QED) is 0.754. The molecular weight excluding hydrogens is 306 g/mol. The van der Waals surface area contributed by atoms with Crippen LogP contribution in [-0.2, 0) is 20.7 Å². The van der Waals surface area contributed by atoms with Gasteiger partial charge in [0, 0.05) is 29.2 Å². The van der Waals surface area contributed by atoms with Crippen molar-refractivity contribution in [1.82, 2.24) is 10.3 Å². The van der Waals surface area contributed by atoms with Crippen LogP contribution in [0.1, 0.15) is 26.3 Å². The lowest BCUT2D eigenvalue weighted by Gasteiger charge is -2.24. The average Bonchev–Trinajstić information content (AvgIpc) is 2.96. The van der Waals surface area contributed by atoms with Gasteiger partial charge in [-0.05, 0) is 30.5 Å². The van der Waals surface area contributed by atoms with E-state index in [4.69, 9.17) is 4.74 Å². The maximum absolute atomic E-state index is 12.7. The van der Waals surface area contributed by atoms with Gasteiger partial charge in [0.2, 0.25) is 5.91 Å². The number of carbonyl (C=O) groups excluding carboxylic acids is 2. The Morgan fingerprint density at radius 3 is 2.83 bits per heavy atom. The molecule has 1 aliphatic rings. The molecule has 3 rings (SSSR count). The first kappa shape index (κ1) is 16.4. The van der Waals surface area contributed by atoms with Gasteiger partial charge in [-0.25, -0.2) is 4.79 Å². The van der Waals surface area contributed by atoms with E-state index in [0.29, 0.717) is 6.42 Å². The number of hydrogen-bond acceptors (Lipinski definition) is 4. The van der Waals surface area contributed by atoms with Crippen LogP contribution in [0.2, 0.25) is 0 Å². The molecule has 6 heteroatoms. The lowest BCUT2D eigenvalue weighted by atomic mass is 10.0. The van der Waals surface area contributed by atoms with Gasteiger partial charge in [0.05, 0.1) is 6.61 Å². The number of amides is 1. The number of aromatic amines is 1. The van der Waals surface area contributed by atoms with Crippen molar-refractivity contribution in [3.05, 3.63) is 30.0 Å². The number of aromatic nitrogens is 1. The van der Waals surface area contributed by atoms with Crippen LogP contribution in [0.4, 0.5) is 5.69 Å². The van der Waals surface area contributed by atoms with Crippen LogP contribution in [-0.4, -0.2) is 35.6 Å². The third-order valence-corrected chi connectivity index (χ3v) is 4.36. The monoisotopic (exact) mass is 329 g/mol. The zero-order chi connectivity index (χ0) is 17.3. The van der Waals surface area contributed by atoms with Crippen LogP contribution in [0.3, 0.4) is 0 Å². The standard InChI is InChI=1S/C18H23N3O3/c1-4-24-18(23)14-8-11-9-19-12-6-5-7-13(15(11)12)20-16(10(2)3)17(22)21-14/h5-7,9-10,14,16,19-20H,4,8H2,1-3H3,(H,21,22)/t14-,16-/m0/s1. The highest BCUT2D eigenvalue weighted by Crippen LogP contribution is 2.30.